The lowest BCUT2D eigenvalue weighted by Crippen LogP contribution is -2.44. The van der Waals surface area contributed by atoms with Crippen molar-refractivity contribution in [2.24, 2.45) is 0 Å². The normalized spacial score (nSPS) is 16.7. The highest BCUT2D eigenvalue weighted by molar-refractivity contribution is 5.99. The van der Waals surface area contributed by atoms with E-state index in [0.717, 1.165) is 65.2 Å². The first-order valence-corrected chi connectivity index (χ1v) is 16.5. The van der Waals surface area contributed by atoms with Crippen LogP contribution in [0.4, 0.5) is 11.5 Å². The zero-order valence-corrected chi connectivity index (χ0v) is 27.3. The molecule has 2 fully saturated rings. The molecule has 4 aromatic rings. The summed E-state index contributed by atoms with van der Waals surface area (Å²) in [5, 5.41) is 10.8. The smallest absolute Gasteiger partial charge is 0.361 e. The van der Waals surface area contributed by atoms with Crippen LogP contribution in [0.5, 0.6) is 5.75 Å². The highest BCUT2D eigenvalue weighted by atomic mass is 16.5. The minimum atomic E-state index is -1.27. The van der Waals surface area contributed by atoms with Crippen LogP contribution < -0.4 is 21.1 Å². The number of nitrogens with two attached hydrogens (primary N) is 1. The number of piperidine rings is 1. The number of nitrogens with one attached hydrogen (secondary N) is 2. The number of hydrogen-bond donors (Lipinski definition) is 3. The third kappa shape index (κ3) is 8.35. The van der Waals surface area contributed by atoms with Crippen molar-refractivity contribution in [2.45, 2.75) is 31.4 Å². The van der Waals surface area contributed by atoms with Gasteiger partial charge in [0.1, 0.15) is 5.75 Å². The Morgan fingerprint density at radius 3 is 2.50 bits per heavy atom. The molecule has 1 atom stereocenters. The quantitative estimate of drug-likeness (QED) is 0.193. The number of piperazine rings is 1. The van der Waals surface area contributed by atoms with E-state index in [4.69, 9.17) is 15.2 Å². The number of benzene rings is 2. The van der Waals surface area contributed by atoms with Crippen LogP contribution in [-0.2, 0) is 9.53 Å². The zero-order valence-electron chi connectivity index (χ0n) is 27.3. The van der Waals surface area contributed by atoms with Gasteiger partial charge in [-0.1, -0.05) is 36.4 Å². The van der Waals surface area contributed by atoms with E-state index < -0.39 is 18.0 Å². The first-order chi connectivity index (χ1) is 23.5. The summed E-state index contributed by atoms with van der Waals surface area (Å²) in [4.78, 5) is 40.8. The molecular weight excluding hydrogens is 610 g/mol. The van der Waals surface area contributed by atoms with Gasteiger partial charge in [0.2, 0.25) is 6.10 Å². The number of hydrogen-bond acceptors (Lipinski definition) is 11. The van der Waals surface area contributed by atoms with E-state index >= 15 is 0 Å². The number of carbonyl (C=O) groups excluding carboxylic acids is 2. The number of anilines is 2. The van der Waals surface area contributed by atoms with Crippen LogP contribution in [0, 0.1) is 0 Å². The number of esters is 1. The van der Waals surface area contributed by atoms with Crippen LogP contribution in [-0.4, -0.2) is 101 Å². The number of amides is 1. The average Bonchev–Trinajstić information content (AvgIpc) is 3.62. The monoisotopic (exact) mass is 653 g/mol. The van der Waals surface area contributed by atoms with Crippen molar-refractivity contribution in [2.75, 3.05) is 70.5 Å². The number of carbonyl (C=O) groups is 2. The van der Waals surface area contributed by atoms with Crippen LogP contribution in [0.2, 0.25) is 0 Å². The zero-order chi connectivity index (χ0) is 33.3. The Balaban J connectivity index is 1.09. The van der Waals surface area contributed by atoms with Gasteiger partial charge in [-0.05, 0) is 44.5 Å². The van der Waals surface area contributed by atoms with E-state index in [2.05, 4.69) is 35.5 Å². The molecule has 13 heteroatoms. The Morgan fingerprint density at radius 1 is 1.00 bits per heavy atom. The fourth-order valence-electron chi connectivity index (χ4n) is 6.19. The van der Waals surface area contributed by atoms with Crippen molar-refractivity contribution in [1.82, 2.24) is 34.9 Å². The van der Waals surface area contributed by atoms with E-state index in [1.54, 1.807) is 61.8 Å². The van der Waals surface area contributed by atoms with E-state index in [0.29, 0.717) is 28.3 Å². The minimum Gasteiger partial charge on any atom is -0.497 e. The number of nitrogens with zero attached hydrogens (tertiary/aromatic N) is 6. The van der Waals surface area contributed by atoms with Gasteiger partial charge in [-0.15, -0.1) is 0 Å². The molecule has 2 aromatic heterocycles. The van der Waals surface area contributed by atoms with Gasteiger partial charge in [0.25, 0.3) is 5.91 Å². The Hall–Kier alpha value is -4.85. The standard InChI is InChI=1S/C35H43N9O4/c1-47-29-10-5-9-27(21-29)40-34(45)32(25-7-3-2-4-8-25)48-35(46)31-33(36)38-23-30(41-31)26-22-39-44(24-26)28-11-17-42(18-12-28)15-6-16-43-19-13-37-14-20-43/h2-5,7-10,21-24,28,32,37H,6,11-20H2,1H3,(H2,36,38)(H,40,45)/t32-/m1/s1. The fraction of sp³-hybridized carbons (Fsp3) is 0.400. The summed E-state index contributed by atoms with van der Waals surface area (Å²) in [7, 11) is 1.54. The second-order valence-corrected chi connectivity index (χ2v) is 12.1. The fourth-order valence-corrected chi connectivity index (χ4v) is 6.19. The number of rotatable bonds is 12. The molecule has 0 aliphatic carbocycles. The van der Waals surface area contributed by atoms with Gasteiger partial charge in [0.15, 0.2) is 11.5 Å². The van der Waals surface area contributed by atoms with Gasteiger partial charge >= 0.3 is 5.97 Å². The second kappa shape index (κ2) is 15.8. The number of aromatic nitrogens is 4. The average molecular weight is 654 g/mol. The molecule has 48 heavy (non-hydrogen) atoms. The molecule has 2 saturated heterocycles. The molecule has 2 aliphatic heterocycles. The summed E-state index contributed by atoms with van der Waals surface area (Å²) in [6.07, 6.45) is 7.12. The van der Waals surface area contributed by atoms with Gasteiger partial charge in [-0.2, -0.15) is 5.10 Å². The Kier molecular flexibility index (Phi) is 10.9. The van der Waals surface area contributed by atoms with E-state index in [1.165, 1.54) is 12.6 Å². The Morgan fingerprint density at radius 2 is 1.75 bits per heavy atom. The maximum Gasteiger partial charge on any atom is 0.361 e. The molecule has 2 aliphatic rings. The molecule has 6 rings (SSSR count). The van der Waals surface area contributed by atoms with Crippen LogP contribution in [0.15, 0.2) is 73.2 Å². The lowest BCUT2D eigenvalue weighted by molar-refractivity contribution is -0.125. The lowest BCUT2D eigenvalue weighted by atomic mass is 10.1. The van der Waals surface area contributed by atoms with Crippen molar-refractivity contribution in [3.8, 4) is 17.0 Å². The third-order valence-electron chi connectivity index (χ3n) is 8.88. The van der Waals surface area contributed by atoms with Crippen LogP contribution in [0.3, 0.4) is 0 Å². The molecule has 4 heterocycles. The number of likely N-dealkylation sites (tertiary alicyclic amines) is 1. The van der Waals surface area contributed by atoms with E-state index in [-0.39, 0.29) is 17.6 Å². The minimum absolute atomic E-state index is 0.0968. The summed E-state index contributed by atoms with van der Waals surface area (Å²) in [6.45, 7) is 8.80. The molecule has 0 spiro atoms. The van der Waals surface area contributed by atoms with E-state index in [1.807, 2.05) is 16.9 Å². The maximum atomic E-state index is 13.5. The molecule has 1 amide bonds. The van der Waals surface area contributed by atoms with Gasteiger partial charge in [0.05, 0.1) is 31.2 Å². The molecule has 4 N–H and O–H groups in total. The topological polar surface area (TPSA) is 153 Å². The summed E-state index contributed by atoms with van der Waals surface area (Å²) in [5.74, 6) is -0.933. The summed E-state index contributed by atoms with van der Waals surface area (Å²) in [5.41, 5.74) is 8.06. The maximum absolute atomic E-state index is 13.5. The van der Waals surface area contributed by atoms with Gasteiger partial charge in [0, 0.05) is 68.3 Å². The molecular formula is C35H43N9O4. The SMILES string of the molecule is COc1cccc(NC(=O)[C@H](OC(=O)c2nc(-c3cnn(C4CCN(CCCN5CCNCC5)CC4)c3)cnc2N)c2ccccc2)c1. The van der Waals surface area contributed by atoms with Crippen molar-refractivity contribution in [1.29, 1.82) is 0 Å². The van der Waals surface area contributed by atoms with E-state index in [9.17, 15) is 9.59 Å². The first kappa shape index (κ1) is 33.1. The predicted octanol–water partition coefficient (Wildman–Crippen LogP) is 3.40. The number of methoxy groups -OCH3 is 1. The number of ether oxygens (including phenoxy) is 2. The lowest BCUT2D eigenvalue weighted by Gasteiger charge is -2.33. The first-order valence-electron chi connectivity index (χ1n) is 16.5. The number of nitrogen functional groups attached to an aromatic ring is 1. The highest BCUT2D eigenvalue weighted by Crippen LogP contribution is 2.27. The van der Waals surface area contributed by atoms with Crippen molar-refractivity contribution < 1.29 is 19.1 Å². The summed E-state index contributed by atoms with van der Waals surface area (Å²) >= 11 is 0. The summed E-state index contributed by atoms with van der Waals surface area (Å²) in [6, 6.07) is 16.0. The van der Waals surface area contributed by atoms with Gasteiger partial charge < -0.3 is 35.6 Å². The highest BCUT2D eigenvalue weighted by Gasteiger charge is 2.29. The van der Waals surface area contributed by atoms with Gasteiger partial charge in [-0.25, -0.2) is 14.8 Å². The summed E-state index contributed by atoms with van der Waals surface area (Å²) < 4.78 is 13.0. The van der Waals surface area contributed by atoms with Crippen LogP contribution in [0.25, 0.3) is 11.3 Å². The molecule has 13 nitrogen and oxygen atoms in total. The molecule has 0 unspecified atom stereocenters. The van der Waals surface area contributed by atoms with Gasteiger partial charge in [-0.3, -0.25) is 9.48 Å². The predicted molar refractivity (Wildman–Crippen MR) is 183 cm³/mol. The largest absolute Gasteiger partial charge is 0.497 e. The molecule has 252 valence electrons. The van der Waals surface area contributed by atoms with Crippen LogP contribution in [0.1, 0.15) is 47.5 Å². The molecule has 2 aromatic carbocycles. The molecule has 0 saturated carbocycles. The van der Waals surface area contributed by atoms with Crippen molar-refractivity contribution in [3.63, 3.8) is 0 Å². The molecule has 0 bridgehead atoms. The third-order valence-corrected chi connectivity index (χ3v) is 8.88. The van der Waals surface area contributed by atoms with Crippen molar-refractivity contribution >= 4 is 23.4 Å². The molecule has 0 radical (unpaired) electrons. The van der Waals surface area contributed by atoms with Crippen LogP contribution >= 0.6 is 0 Å². The Labute approximate surface area is 280 Å². The second-order valence-electron chi connectivity index (χ2n) is 12.1. The van der Waals surface area contributed by atoms with Crippen molar-refractivity contribution in [3.05, 3.63) is 84.4 Å². The Bertz CT molecular complexity index is 1670.